The highest BCUT2D eigenvalue weighted by Gasteiger charge is 2.50. The molecule has 1 saturated heterocycles. The van der Waals surface area contributed by atoms with E-state index in [1.165, 1.54) is 5.56 Å². The van der Waals surface area contributed by atoms with Gasteiger partial charge in [-0.25, -0.2) is 0 Å². The number of nitrogens with zero attached hydrogens (tertiary/aromatic N) is 2. The molecule has 0 amide bonds. The Morgan fingerprint density at radius 1 is 1.39 bits per heavy atom. The van der Waals surface area contributed by atoms with Gasteiger partial charge in [0.15, 0.2) is 0 Å². The van der Waals surface area contributed by atoms with Gasteiger partial charge < -0.3 is 10.3 Å². The first kappa shape index (κ1) is 12.2. The van der Waals surface area contributed by atoms with Crippen LogP contribution in [0.2, 0.25) is 0 Å². The van der Waals surface area contributed by atoms with Crippen molar-refractivity contribution in [2.75, 3.05) is 13.1 Å². The average molecular weight is 249 g/mol. The number of likely N-dealkylation sites (tertiary alicyclic amines) is 1. The lowest BCUT2D eigenvalue weighted by atomic mass is 9.73. The predicted octanol–water partition coefficient (Wildman–Crippen LogP) is 1.69. The SMILES string of the molecule is CC(C)(C)N1CCC2(CC1)c1oncc1C[C@H]2N. The van der Waals surface area contributed by atoms with Crippen LogP contribution in [0.4, 0.5) is 0 Å². The van der Waals surface area contributed by atoms with Crippen molar-refractivity contribution in [2.45, 2.75) is 57.0 Å². The second-order valence-corrected chi connectivity index (χ2v) is 6.80. The van der Waals surface area contributed by atoms with Crippen LogP contribution in [0.15, 0.2) is 10.7 Å². The molecule has 1 aromatic rings. The molecule has 0 aromatic carbocycles. The molecule has 1 aromatic heterocycles. The Hall–Kier alpha value is -0.870. The molecular weight excluding hydrogens is 226 g/mol. The molecule has 2 heterocycles. The standard InChI is InChI=1S/C14H23N3O/c1-13(2,3)17-6-4-14(5-7-17)11(15)8-10-9-16-18-12(10)14/h9,11H,4-8,15H2,1-3H3/t11-/m1/s1. The fraction of sp³-hybridized carbons (Fsp3) is 0.786. The summed E-state index contributed by atoms with van der Waals surface area (Å²) in [5, 5.41) is 3.95. The summed E-state index contributed by atoms with van der Waals surface area (Å²) in [7, 11) is 0. The van der Waals surface area contributed by atoms with Gasteiger partial charge in [0, 0.05) is 22.6 Å². The Kier molecular flexibility index (Phi) is 2.58. The molecule has 0 saturated carbocycles. The van der Waals surface area contributed by atoms with Crippen molar-refractivity contribution in [3.05, 3.63) is 17.5 Å². The fourth-order valence-electron chi connectivity index (χ4n) is 3.59. The summed E-state index contributed by atoms with van der Waals surface area (Å²) in [6.07, 6.45) is 4.95. The van der Waals surface area contributed by atoms with Gasteiger partial charge in [-0.1, -0.05) is 5.16 Å². The number of hydrogen-bond donors (Lipinski definition) is 1. The molecule has 2 N–H and O–H groups in total. The lowest BCUT2D eigenvalue weighted by Crippen LogP contribution is -2.54. The van der Waals surface area contributed by atoms with Crippen LogP contribution in [-0.2, 0) is 11.8 Å². The van der Waals surface area contributed by atoms with E-state index in [9.17, 15) is 0 Å². The predicted molar refractivity (Wildman–Crippen MR) is 70.4 cm³/mol. The highest BCUT2D eigenvalue weighted by Crippen LogP contribution is 2.46. The van der Waals surface area contributed by atoms with E-state index in [0.717, 1.165) is 38.1 Å². The van der Waals surface area contributed by atoms with E-state index in [0.29, 0.717) is 0 Å². The van der Waals surface area contributed by atoms with Gasteiger partial charge in [0.1, 0.15) is 5.76 Å². The monoisotopic (exact) mass is 249 g/mol. The van der Waals surface area contributed by atoms with Crippen LogP contribution in [0.25, 0.3) is 0 Å². The lowest BCUT2D eigenvalue weighted by Gasteiger charge is -2.46. The normalized spacial score (nSPS) is 27.7. The maximum absolute atomic E-state index is 6.39. The third kappa shape index (κ3) is 1.62. The van der Waals surface area contributed by atoms with Gasteiger partial charge in [0.2, 0.25) is 0 Å². The van der Waals surface area contributed by atoms with E-state index in [4.69, 9.17) is 10.3 Å². The minimum atomic E-state index is 0.0492. The molecule has 1 aliphatic carbocycles. The Morgan fingerprint density at radius 2 is 2.06 bits per heavy atom. The number of nitrogens with two attached hydrogens (primary N) is 1. The molecule has 1 aliphatic heterocycles. The minimum Gasteiger partial charge on any atom is -0.360 e. The average Bonchev–Trinajstić information content (AvgIpc) is 2.83. The number of aromatic nitrogens is 1. The minimum absolute atomic E-state index is 0.0492. The first-order chi connectivity index (χ1) is 8.43. The van der Waals surface area contributed by atoms with Crippen molar-refractivity contribution in [1.82, 2.24) is 10.1 Å². The van der Waals surface area contributed by atoms with E-state index in [2.05, 4.69) is 30.8 Å². The van der Waals surface area contributed by atoms with Crippen LogP contribution in [0, 0.1) is 0 Å². The summed E-state index contributed by atoms with van der Waals surface area (Å²) in [6.45, 7) is 9.02. The summed E-state index contributed by atoms with van der Waals surface area (Å²) in [5.41, 5.74) is 7.91. The third-order valence-corrected chi connectivity index (χ3v) is 4.85. The van der Waals surface area contributed by atoms with Crippen LogP contribution in [0.1, 0.15) is 44.9 Å². The molecule has 1 spiro atoms. The molecule has 0 bridgehead atoms. The third-order valence-electron chi connectivity index (χ3n) is 4.85. The molecule has 0 unspecified atom stereocenters. The van der Waals surface area contributed by atoms with Crippen molar-refractivity contribution < 1.29 is 4.52 Å². The van der Waals surface area contributed by atoms with Gasteiger partial charge in [-0.3, -0.25) is 4.90 Å². The Morgan fingerprint density at radius 3 is 2.67 bits per heavy atom. The van der Waals surface area contributed by atoms with Crippen molar-refractivity contribution in [2.24, 2.45) is 5.73 Å². The molecule has 0 radical (unpaired) electrons. The first-order valence-corrected chi connectivity index (χ1v) is 6.88. The molecule has 1 fully saturated rings. The molecule has 4 nitrogen and oxygen atoms in total. The smallest absolute Gasteiger partial charge is 0.147 e. The van der Waals surface area contributed by atoms with Crippen molar-refractivity contribution in [3.63, 3.8) is 0 Å². The first-order valence-electron chi connectivity index (χ1n) is 6.88. The molecule has 4 heteroatoms. The van der Waals surface area contributed by atoms with Crippen LogP contribution >= 0.6 is 0 Å². The number of rotatable bonds is 0. The Bertz CT molecular complexity index is 438. The van der Waals surface area contributed by atoms with Gasteiger partial charge in [0.25, 0.3) is 0 Å². The van der Waals surface area contributed by atoms with Crippen molar-refractivity contribution >= 4 is 0 Å². The van der Waals surface area contributed by atoms with Crippen LogP contribution in [-0.4, -0.2) is 34.7 Å². The van der Waals surface area contributed by atoms with Crippen LogP contribution in [0.5, 0.6) is 0 Å². The fourth-order valence-corrected chi connectivity index (χ4v) is 3.59. The summed E-state index contributed by atoms with van der Waals surface area (Å²) >= 11 is 0. The van der Waals surface area contributed by atoms with E-state index in [1.54, 1.807) is 0 Å². The Labute approximate surface area is 108 Å². The van der Waals surface area contributed by atoms with E-state index >= 15 is 0 Å². The summed E-state index contributed by atoms with van der Waals surface area (Å²) in [6, 6.07) is 0.205. The second-order valence-electron chi connectivity index (χ2n) is 6.80. The van der Waals surface area contributed by atoms with Crippen LogP contribution < -0.4 is 5.73 Å². The molecule has 1 atom stereocenters. The molecule has 2 aliphatic rings. The second kappa shape index (κ2) is 3.81. The highest BCUT2D eigenvalue weighted by molar-refractivity contribution is 5.34. The zero-order chi connectivity index (χ0) is 13.0. The topological polar surface area (TPSA) is 55.3 Å². The molecular formula is C14H23N3O. The van der Waals surface area contributed by atoms with Gasteiger partial charge >= 0.3 is 0 Å². The quantitative estimate of drug-likeness (QED) is 0.760. The zero-order valence-electron chi connectivity index (χ0n) is 11.6. The number of fused-ring (bicyclic) bond motifs is 2. The highest BCUT2D eigenvalue weighted by atomic mass is 16.5. The van der Waals surface area contributed by atoms with Gasteiger partial charge in [0.05, 0.1) is 6.20 Å². The van der Waals surface area contributed by atoms with E-state index < -0.39 is 0 Å². The van der Waals surface area contributed by atoms with Crippen molar-refractivity contribution in [1.29, 1.82) is 0 Å². The number of piperidine rings is 1. The molecule has 100 valence electrons. The maximum Gasteiger partial charge on any atom is 0.147 e. The zero-order valence-corrected chi connectivity index (χ0v) is 11.6. The van der Waals surface area contributed by atoms with Gasteiger partial charge in [-0.15, -0.1) is 0 Å². The largest absolute Gasteiger partial charge is 0.360 e. The van der Waals surface area contributed by atoms with Crippen molar-refractivity contribution in [3.8, 4) is 0 Å². The maximum atomic E-state index is 6.39. The number of hydrogen-bond acceptors (Lipinski definition) is 4. The Balaban J connectivity index is 1.84. The van der Waals surface area contributed by atoms with E-state index in [-0.39, 0.29) is 17.0 Å². The summed E-state index contributed by atoms with van der Waals surface area (Å²) in [5.74, 6) is 1.07. The lowest BCUT2D eigenvalue weighted by molar-refractivity contribution is 0.0591. The van der Waals surface area contributed by atoms with Gasteiger partial charge in [-0.05, 0) is 53.1 Å². The molecule has 18 heavy (non-hydrogen) atoms. The molecule has 3 rings (SSSR count). The van der Waals surface area contributed by atoms with Gasteiger partial charge in [-0.2, -0.15) is 0 Å². The van der Waals surface area contributed by atoms with Crippen LogP contribution in [0.3, 0.4) is 0 Å². The van der Waals surface area contributed by atoms with E-state index in [1.807, 2.05) is 6.20 Å². The summed E-state index contributed by atoms with van der Waals surface area (Å²) < 4.78 is 5.51. The summed E-state index contributed by atoms with van der Waals surface area (Å²) in [4.78, 5) is 2.54.